The zero-order valence-corrected chi connectivity index (χ0v) is 15.2. The Morgan fingerprint density at radius 3 is 2.79 bits per heavy atom. The van der Waals surface area contributed by atoms with Crippen molar-refractivity contribution in [2.45, 2.75) is 12.0 Å². The average Bonchev–Trinajstić information content (AvgIpc) is 2.60. The van der Waals surface area contributed by atoms with E-state index in [-0.39, 0.29) is 5.56 Å². The van der Waals surface area contributed by atoms with Crippen molar-refractivity contribution < 1.29 is 19.1 Å². The fraction of sp³-hybridized carbons (Fsp3) is 0.222. The van der Waals surface area contributed by atoms with Crippen LogP contribution in [0.25, 0.3) is 0 Å². The second-order valence-electron chi connectivity index (χ2n) is 5.43. The predicted octanol–water partition coefficient (Wildman–Crippen LogP) is 3.90. The first-order valence-electron chi connectivity index (χ1n) is 7.29. The van der Waals surface area contributed by atoms with Gasteiger partial charge in [0, 0.05) is 15.1 Å². The third-order valence-electron chi connectivity index (χ3n) is 4.12. The molecule has 2 aromatic carbocycles. The van der Waals surface area contributed by atoms with Gasteiger partial charge in [-0.25, -0.2) is 4.79 Å². The molecule has 4 nitrogen and oxygen atoms in total. The van der Waals surface area contributed by atoms with E-state index in [1.54, 1.807) is 30.3 Å². The van der Waals surface area contributed by atoms with Crippen LogP contribution >= 0.6 is 27.5 Å². The van der Waals surface area contributed by atoms with Gasteiger partial charge in [0.05, 0.1) is 19.3 Å². The van der Waals surface area contributed by atoms with Crippen molar-refractivity contribution in [3.8, 4) is 0 Å². The molecule has 1 aliphatic rings. The molecule has 1 aliphatic heterocycles. The quantitative estimate of drug-likeness (QED) is 0.570. The number of hydrogen-bond acceptors (Lipinski definition) is 4. The van der Waals surface area contributed by atoms with Gasteiger partial charge in [-0.1, -0.05) is 33.6 Å². The van der Waals surface area contributed by atoms with Gasteiger partial charge in [-0.15, -0.1) is 0 Å². The van der Waals surface area contributed by atoms with E-state index in [0.29, 0.717) is 29.2 Å². The van der Waals surface area contributed by atoms with Crippen LogP contribution in [-0.4, -0.2) is 26.0 Å². The first-order valence-corrected chi connectivity index (χ1v) is 8.46. The number of methoxy groups -OCH3 is 1. The number of rotatable bonds is 3. The lowest BCUT2D eigenvalue weighted by molar-refractivity contribution is -0.128. The summed E-state index contributed by atoms with van der Waals surface area (Å²) in [7, 11) is 1.30. The maximum absolute atomic E-state index is 12.2. The van der Waals surface area contributed by atoms with Crippen LogP contribution < -0.4 is 0 Å². The van der Waals surface area contributed by atoms with Gasteiger partial charge in [0.1, 0.15) is 0 Å². The summed E-state index contributed by atoms with van der Waals surface area (Å²) in [4.78, 5) is 24.4. The molecule has 6 heteroatoms. The fourth-order valence-corrected chi connectivity index (χ4v) is 3.58. The van der Waals surface area contributed by atoms with Gasteiger partial charge in [-0.2, -0.15) is 0 Å². The van der Waals surface area contributed by atoms with Crippen LogP contribution in [0.5, 0.6) is 0 Å². The Kier molecular flexibility index (Phi) is 4.76. The van der Waals surface area contributed by atoms with E-state index < -0.39 is 11.6 Å². The molecule has 0 radical (unpaired) electrons. The highest BCUT2D eigenvalue weighted by Gasteiger charge is 2.42. The molecule has 0 aliphatic carbocycles. The lowest BCUT2D eigenvalue weighted by Crippen LogP contribution is -2.39. The number of benzene rings is 2. The van der Waals surface area contributed by atoms with Crippen LogP contribution in [0.3, 0.4) is 0 Å². The van der Waals surface area contributed by atoms with Crippen molar-refractivity contribution in [3.05, 3.63) is 68.1 Å². The van der Waals surface area contributed by atoms with E-state index in [1.807, 2.05) is 6.07 Å². The van der Waals surface area contributed by atoms with Crippen LogP contribution in [0, 0.1) is 0 Å². The normalized spacial score (nSPS) is 19.5. The third kappa shape index (κ3) is 2.77. The van der Waals surface area contributed by atoms with Gasteiger partial charge < -0.3 is 9.47 Å². The molecule has 0 spiro atoms. The van der Waals surface area contributed by atoms with Gasteiger partial charge in [0.2, 0.25) is 0 Å². The molecular formula is C18H14BrClO4. The Morgan fingerprint density at radius 1 is 1.29 bits per heavy atom. The second kappa shape index (κ2) is 6.67. The van der Waals surface area contributed by atoms with Crippen LogP contribution in [-0.2, 0) is 26.3 Å². The Labute approximate surface area is 152 Å². The van der Waals surface area contributed by atoms with E-state index in [0.717, 1.165) is 16.3 Å². The zero-order valence-electron chi connectivity index (χ0n) is 12.8. The summed E-state index contributed by atoms with van der Waals surface area (Å²) in [6.45, 7) is 0.346. The summed E-state index contributed by atoms with van der Waals surface area (Å²) in [6.07, 6.45) is 1.38. The van der Waals surface area contributed by atoms with Gasteiger partial charge in [-0.3, -0.25) is 4.79 Å². The number of carbonyl (C=O) groups excluding carboxylic acids is 2. The minimum Gasteiger partial charge on any atom is -0.465 e. The summed E-state index contributed by atoms with van der Waals surface area (Å²) >= 11 is 9.47. The number of aldehydes is 1. The maximum atomic E-state index is 12.2. The Morgan fingerprint density at radius 2 is 2.08 bits per heavy atom. The minimum absolute atomic E-state index is 0.288. The molecule has 24 heavy (non-hydrogen) atoms. The standard InChI is InChI=1S/C18H14BrClO4/c1-23-17(22)14-4-2-12(19)9-16(14)18(10-21)15-5-3-13(20)8-11(15)6-7-24-18/h2-5,8-10H,6-7H2,1H3. The van der Waals surface area contributed by atoms with Crippen LogP contribution in [0.1, 0.15) is 27.0 Å². The van der Waals surface area contributed by atoms with E-state index in [4.69, 9.17) is 21.1 Å². The number of carbonyl (C=O) groups is 2. The molecule has 0 bridgehead atoms. The number of fused-ring (bicyclic) bond motifs is 1. The van der Waals surface area contributed by atoms with Crippen molar-refractivity contribution in [2.24, 2.45) is 0 Å². The Balaban J connectivity index is 2.30. The number of ether oxygens (including phenoxy) is 2. The molecule has 0 fully saturated rings. The lowest BCUT2D eigenvalue weighted by Gasteiger charge is -2.36. The number of hydrogen-bond donors (Lipinski definition) is 0. The molecule has 1 atom stereocenters. The van der Waals surface area contributed by atoms with Crippen molar-refractivity contribution >= 4 is 39.8 Å². The molecule has 0 aromatic heterocycles. The lowest BCUT2D eigenvalue weighted by atomic mass is 9.80. The van der Waals surface area contributed by atoms with Gasteiger partial charge in [-0.05, 0) is 47.9 Å². The number of esters is 1. The number of halogens is 2. The van der Waals surface area contributed by atoms with Crippen molar-refractivity contribution in [1.82, 2.24) is 0 Å². The smallest absolute Gasteiger partial charge is 0.338 e. The van der Waals surface area contributed by atoms with Crippen LogP contribution in [0.2, 0.25) is 5.02 Å². The SMILES string of the molecule is COC(=O)c1ccc(Br)cc1C1(C=O)OCCc2cc(Cl)ccc21. The van der Waals surface area contributed by atoms with Gasteiger partial charge in [0.25, 0.3) is 0 Å². The Hall–Kier alpha value is -1.69. The zero-order chi connectivity index (χ0) is 17.3. The molecular weight excluding hydrogens is 396 g/mol. The summed E-state index contributed by atoms with van der Waals surface area (Å²) in [6, 6.07) is 10.4. The Bertz CT molecular complexity index is 821. The monoisotopic (exact) mass is 408 g/mol. The summed E-state index contributed by atoms with van der Waals surface area (Å²) < 4.78 is 11.5. The molecule has 2 aromatic rings. The van der Waals surface area contributed by atoms with E-state index in [1.165, 1.54) is 7.11 Å². The highest BCUT2D eigenvalue weighted by atomic mass is 79.9. The maximum Gasteiger partial charge on any atom is 0.338 e. The highest BCUT2D eigenvalue weighted by Crippen LogP contribution is 2.41. The molecule has 3 rings (SSSR count). The van der Waals surface area contributed by atoms with E-state index in [9.17, 15) is 9.59 Å². The highest BCUT2D eigenvalue weighted by molar-refractivity contribution is 9.10. The summed E-state index contributed by atoms with van der Waals surface area (Å²) in [5, 5.41) is 0.595. The largest absolute Gasteiger partial charge is 0.465 e. The van der Waals surface area contributed by atoms with Gasteiger partial charge >= 0.3 is 5.97 Å². The molecule has 1 heterocycles. The van der Waals surface area contributed by atoms with Crippen molar-refractivity contribution in [2.75, 3.05) is 13.7 Å². The molecule has 124 valence electrons. The molecule has 1 unspecified atom stereocenters. The first-order chi connectivity index (χ1) is 11.5. The fourth-order valence-electron chi connectivity index (χ4n) is 3.03. The second-order valence-corrected chi connectivity index (χ2v) is 6.79. The van der Waals surface area contributed by atoms with Crippen molar-refractivity contribution in [3.63, 3.8) is 0 Å². The van der Waals surface area contributed by atoms with E-state index in [2.05, 4.69) is 15.9 Å². The molecule has 0 N–H and O–H groups in total. The van der Waals surface area contributed by atoms with Crippen molar-refractivity contribution in [1.29, 1.82) is 0 Å². The topological polar surface area (TPSA) is 52.6 Å². The van der Waals surface area contributed by atoms with E-state index >= 15 is 0 Å². The first kappa shape index (κ1) is 17.1. The van der Waals surface area contributed by atoms with Crippen LogP contribution in [0.15, 0.2) is 40.9 Å². The third-order valence-corrected chi connectivity index (χ3v) is 4.85. The van der Waals surface area contributed by atoms with Crippen LogP contribution in [0.4, 0.5) is 0 Å². The predicted molar refractivity (Wildman–Crippen MR) is 93.4 cm³/mol. The average molecular weight is 410 g/mol. The molecule has 0 saturated heterocycles. The summed E-state index contributed by atoms with van der Waals surface area (Å²) in [5.41, 5.74) is 0.983. The van der Waals surface area contributed by atoms with Gasteiger partial charge in [0.15, 0.2) is 11.9 Å². The molecule has 0 amide bonds. The molecule has 0 saturated carbocycles. The minimum atomic E-state index is -1.37. The summed E-state index contributed by atoms with van der Waals surface area (Å²) in [5.74, 6) is -0.525.